The van der Waals surface area contributed by atoms with Gasteiger partial charge in [-0.2, -0.15) is 0 Å². The monoisotopic (exact) mass is 288 g/mol. The minimum atomic E-state index is 0.774. The van der Waals surface area contributed by atoms with Crippen LogP contribution in [0, 0.1) is 0 Å². The lowest BCUT2D eigenvalue weighted by molar-refractivity contribution is 0.205. The summed E-state index contributed by atoms with van der Waals surface area (Å²) in [5.41, 5.74) is 1.35. The van der Waals surface area contributed by atoms with Gasteiger partial charge >= 0.3 is 0 Å². The molecular formula is C18H28N2O. The zero-order chi connectivity index (χ0) is 14.3. The molecule has 1 N–H and O–H groups in total. The van der Waals surface area contributed by atoms with E-state index in [1.54, 1.807) is 0 Å². The van der Waals surface area contributed by atoms with Crippen LogP contribution in [0.25, 0.3) is 0 Å². The minimum Gasteiger partial charge on any atom is -0.494 e. The largest absolute Gasteiger partial charge is 0.494 e. The molecule has 1 aromatic rings. The molecule has 0 amide bonds. The standard InChI is InChI=1S/C18H28N2O/c1-2-11-20(12-3-1)13-4-14-21-18-9-5-16(6-10-18)15-19-17-7-8-17/h5-6,9-10,17,19H,1-4,7-8,11-15H2. The highest BCUT2D eigenvalue weighted by Gasteiger charge is 2.19. The van der Waals surface area contributed by atoms with E-state index >= 15 is 0 Å². The van der Waals surface area contributed by atoms with E-state index in [1.165, 1.54) is 57.3 Å². The van der Waals surface area contributed by atoms with Crippen molar-refractivity contribution in [1.82, 2.24) is 10.2 Å². The molecule has 0 bridgehead atoms. The third kappa shape index (κ3) is 5.33. The van der Waals surface area contributed by atoms with Gasteiger partial charge in [0.05, 0.1) is 6.61 Å². The molecule has 21 heavy (non-hydrogen) atoms. The molecule has 2 fully saturated rings. The first-order chi connectivity index (χ1) is 10.4. The number of likely N-dealkylation sites (tertiary alicyclic amines) is 1. The molecule has 0 spiro atoms. The maximum atomic E-state index is 5.84. The van der Waals surface area contributed by atoms with Crippen molar-refractivity contribution >= 4 is 0 Å². The van der Waals surface area contributed by atoms with Gasteiger partial charge in [0.15, 0.2) is 0 Å². The molecule has 0 unspecified atom stereocenters. The van der Waals surface area contributed by atoms with Gasteiger partial charge in [-0.25, -0.2) is 0 Å². The molecule has 1 saturated carbocycles. The molecule has 0 atom stereocenters. The highest BCUT2D eigenvalue weighted by atomic mass is 16.5. The van der Waals surface area contributed by atoms with Crippen molar-refractivity contribution in [2.45, 2.75) is 51.1 Å². The highest BCUT2D eigenvalue weighted by Crippen LogP contribution is 2.20. The van der Waals surface area contributed by atoms with E-state index in [-0.39, 0.29) is 0 Å². The Bertz CT molecular complexity index is 408. The third-order valence-electron chi connectivity index (χ3n) is 4.43. The fourth-order valence-electron chi connectivity index (χ4n) is 2.91. The number of benzene rings is 1. The van der Waals surface area contributed by atoms with Gasteiger partial charge in [-0.05, 0) is 62.9 Å². The maximum Gasteiger partial charge on any atom is 0.119 e. The lowest BCUT2D eigenvalue weighted by Gasteiger charge is -2.26. The van der Waals surface area contributed by atoms with Crippen LogP contribution in [0.4, 0.5) is 0 Å². The van der Waals surface area contributed by atoms with Crippen LogP contribution in [0.3, 0.4) is 0 Å². The third-order valence-corrected chi connectivity index (χ3v) is 4.43. The molecular weight excluding hydrogens is 260 g/mol. The Kier molecular flexibility index (Phi) is 5.53. The van der Waals surface area contributed by atoms with Gasteiger partial charge in [-0.3, -0.25) is 0 Å². The summed E-state index contributed by atoms with van der Waals surface area (Å²) < 4.78 is 5.84. The summed E-state index contributed by atoms with van der Waals surface area (Å²) in [7, 11) is 0. The van der Waals surface area contributed by atoms with Gasteiger partial charge in [-0.15, -0.1) is 0 Å². The average molecular weight is 288 g/mol. The van der Waals surface area contributed by atoms with Gasteiger partial charge in [-0.1, -0.05) is 18.6 Å². The Morgan fingerprint density at radius 3 is 2.52 bits per heavy atom. The number of nitrogens with zero attached hydrogens (tertiary/aromatic N) is 1. The predicted molar refractivity (Wildman–Crippen MR) is 86.7 cm³/mol. The van der Waals surface area contributed by atoms with E-state index in [2.05, 4.69) is 34.5 Å². The van der Waals surface area contributed by atoms with Crippen LogP contribution in [-0.4, -0.2) is 37.2 Å². The van der Waals surface area contributed by atoms with Gasteiger partial charge in [0.2, 0.25) is 0 Å². The van der Waals surface area contributed by atoms with Crippen molar-refractivity contribution in [1.29, 1.82) is 0 Å². The van der Waals surface area contributed by atoms with Crippen molar-refractivity contribution in [3.05, 3.63) is 29.8 Å². The SMILES string of the molecule is c1cc(OCCCN2CCCCC2)ccc1CNC1CC1. The smallest absolute Gasteiger partial charge is 0.119 e. The second-order valence-electron chi connectivity index (χ2n) is 6.40. The molecule has 116 valence electrons. The van der Waals surface area contributed by atoms with E-state index in [1.807, 2.05) is 0 Å². The van der Waals surface area contributed by atoms with Crippen molar-refractivity contribution < 1.29 is 4.74 Å². The van der Waals surface area contributed by atoms with Gasteiger partial charge in [0, 0.05) is 19.1 Å². The fourth-order valence-corrected chi connectivity index (χ4v) is 2.91. The topological polar surface area (TPSA) is 24.5 Å². The quantitative estimate of drug-likeness (QED) is 0.744. The fraction of sp³-hybridized carbons (Fsp3) is 0.667. The molecule has 1 aromatic carbocycles. The Morgan fingerprint density at radius 1 is 1.05 bits per heavy atom. The maximum absolute atomic E-state index is 5.84. The predicted octanol–water partition coefficient (Wildman–Crippen LogP) is 3.19. The van der Waals surface area contributed by atoms with Gasteiger partial charge in [0.1, 0.15) is 5.75 Å². The van der Waals surface area contributed by atoms with E-state index < -0.39 is 0 Å². The Morgan fingerprint density at radius 2 is 1.81 bits per heavy atom. The molecule has 1 aliphatic carbocycles. The summed E-state index contributed by atoms with van der Waals surface area (Å²) in [6, 6.07) is 9.33. The number of piperidine rings is 1. The number of rotatable bonds is 8. The minimum absolute atomic E-state index is 0.774. The van der Waals surface area contributed by atoms with Crippen molar-refractivity contribution in [3.8, 4) is 5.75 Å². The Labute approximate surface area is 128 Å². The number of hydrogen-bond acceptors (Lipinski definition) is 3. The number of hydrogen-bond donors (Lipinski definition) is 1. The summed E-state index contributed by atoms with van der Waals surface area (Å²) in [6.45, 7) is 5.56. The summed E-state index contributed by atoms with van der Waals surface area (Å²) in [4.78, 5) is 2.57. The Hall–Kier alpha value is -1.06. The zero-order valence-corrected chi connectivity index (χ0v) is 13.0. The summed E-state index contributed by atoms with van der Waals surface area (Å²) >= 11 is 0. The van der Waals surface area contributed by atoms with Crippen LogP contribution in [0.1, 0.15) is 44.1 Å². The second kappa shape index (κ2) is 7.81. The number of ether oxygens (including phenoxy) is 1. The second-order valence-corrected chi connectivity index (χ2v) is 6.40. The molecule has 0 aromatic heterocycles. The van der Waals surface area contributed by atoms with E-state index in [9.17, 15) is 0 Å². The van der Waals surface area contributed by atoms with Crippen molar-refractivity contribution in [3.63, 3.8) is 0 Å². The molecule has 3 rings (SSSR count). The average Bonchev–Trinajstić information content (AvgIpc) is 3.36. The van der Waals surface area contributed by atoms with E-state index in [0.717, 1.165) is 31.4 Å². The van der Waals surface area contributed by atoms with Crippen molar-refractivity contribution in [2.24, 2.45) is 0 Å². The molecule has 1 heterocycles. The lowest BCUT2D eigenvalue weighted by Crippen LogP contribution is -2.31. The lowest BCUT2D eigenvalue weighted by atomic mass is 10.1. The van der Waals surface area contributed by atoms with Crippen LogP contribution in [-0.2, 0) is 6.54 Å². The van der Waals surface area contributed by atoms with Crippen LogP contribution >= 0.6 is 0 Å². The van der Waals surface area contributed by atoms with Gasteiger partial charge in [0.25, 0.3) is 0 Å². The molecule has 2 aliphatic rings. The van der Waals surface area contributed by atoms with Crippen LogP contribution in [0.15, 0.2) is 24.3 Å². The molecule has 0 radical (unpaired) electrons. The Balaban J connectivity index is 1.30. The first-order valence-electron chi connectivity index (χ1n) is 8.58. The summed E-state index contributed by atoms with van der Waals surface area (Å²) in [6.07, 6.45) is 7.98. The van der Waals surface area contributed by atoms with Gasteiger partial charge < -0.3 is 15.0 Å². The number of nitrogens with one attached hydrogen (secondary N) is 1. The molecule has 3 nitrogen and oxygen atoms in total. The van der Waals surface area contributed by atoms with E-state index in [4.69, 9.17) is 4.74 Å². The van der Waals surface area contributed by atoms with Crippen LogP contribution < -0.4 is 10.1 Å². The molecule has 1 saturated heterocycles. The van der Waals surface area contributed by atoms with Crippen molar-refractivity contribution in [2.75, 3.05) is 26.2 Å². The van der Waals surface area contributed by atoms with Crippen LogP contribution in [0.5, 0.6) is 5.75 Å². The molecule has 3 heteroatoms. The van der Waals surface area contributed by atoms with E-state index in [0.29, 0.717) is 0 Å². The normalized spacial score (nSPS) is 19.6. The summed E-state index contributed by atoms with van der Waals surface area (Å²) in [5.74, 6) is 1.00. The first-order valence-corrected chi connectivity index (χ1v) is 8.58. The highest BCUT2D eigenvalue weighted by molar-refractivity contribution is 5.27. The summed E-state index contributed by atoms with van der Waals surface area (Å²) in [5, 5.41) is 3.53. The zero-order valence-electron chi connectivity index (χ0n) is 13.0. The first kappa shape index (κ1) is 14.9. The van der Waals surface area contributed by atoms with Crippen LogP contribution in [0.2, 0.25) is 0 Å². The molecule has 1 aliphatic heterocycles.